The maximum absolute atomic E-state index is 6.06. The highest BCUT2D eigenvalue weighted by atomic mass is 35.5. The predicted molar refractivity (Wildman–Crippen MR) is 77.3 cm³/mol. The zero-order valence-corrected chi connectivity index (χ0v) is 11.1. The van der Waals surface area contributed by atoms with Crippen LogP contribution in [0, 0.1) is 0 Å². The SMILES string of the molecule is Nc1ncnc(NC2CC(c3ccccc3)C2)c1Cl. The van der Waals surface area contributed by atoms with E-state index in [-0.39, 0.29) is 0 Å². The average Bonchev–Trinajstić information content (AvgIpc) is 2.39. The van der Waals surface area contributed by atoms with E-state index in [1.807, 2.05) is 6.07 Å². The summed E-state index contributed by atoms with van der Waals surface area (Å²) in [6.07, 6.45) is 3.60. The lowest BCUT2D eigenvalue weighted by Crippen LogP contribution is -2.34. The molecule has 5 heteroatoms. The van der Waals surface area contributed by atoms with Crippen molar-refractivity contribution in [2.24, 2.45) is 0 Å². The predicted octanol–water partition coefficient (Wildman–Crippen LogP) is 3.07. The number of halogens is 1. The number of anilines is 2. The number of rotatable bonds is 3. The summed E-state index contributed by atoms with van der Waals surface area (Å²) < 4.78 is 0. The second-order valence-corrected chi connectivity index (χ2v) is 5.22. The van der Waals surface area contributed by atoms with E-state index in [9.17, 15) is 0 Å². The van der Waals surface area contributed by atoms with Gasteiger partial charge in [-0.1, -0.05) is 41.9 Å². The largest absolute Gasteiger partial charge is 0.382 e. The van der Waals surface area contributed by atoms with Crippen molar-refractivity contribution < 1.29 is 0 Å². The van der Waals surface area contributed by atoms with Crippen molar-refractivity contribution in [3.8, 4) is 0 Å². The Morgan fingerprint density at radius 2 is 1.89 bits per heavy atom. The van der Waals surface area contributed by atoms with Gasteiger partial charge in [0.05, 0.1) is 0 Å². The van der Waals surface area contributed by atoms with Crippen LogP contribution in [0.1, 0.15) is 24.3 Å². The van der Waals surface area contributed by atoms with Crippen LogP contribution < -0.4 is 11.1 Å². The Bertz CT molecular complexity index is 567. The van der Waals surface area contributed by atoms with Crippen molar-refractivity contribution in [1.82, 2.24) is 9.97 Å². The summed E-state index contributed by atoms with van der Waals surface area (Å²) in [5, 5.41) is 3.73. The summed E-state index contributed by atoms with van der Waals surface area (Å²) >= 11 is 6.06. The molecule has 1 aromatic carbocycles. The third-order valence-electron chi connectivity index (χ3n) is 3.57. The monoisotopic (exact) mass is 274 g/mol. The highest BCUT2D eigenvalue weighted by Crippen LogP contribution is 2.39. The standard InChI is InChI=1S/C14H15ClN4/c15-12-13(16)17-8-18-14(12)19-11-6-10(7-11)9-4-2-1-3-5-9/h1-5,8,10-11H,6-7H2,(H3,16,17,18,19). The smallest absolute Gasteiger partial charge is 0.150 e. The van der Waals surface area contributed by atoms with Crippen LogP contribution in [0.3, 0.4) is 0 Å². The Morgan fingerprint density at radius 3 is 2.63 bits per heavy atom. The molecular formula is C14H15ClN4. The summed E-state index contributed by atoms with van der Waals surface area (Å²) in [4.78, 5) is 7.97. The van der Waals surface area contributed by atoms with Gasteiger partial charge in [0.25, 0.3) is 0 Å². The Morgan fingerprint density at radius 1 is 1.16 bits per heavy atom. The molecule has 1 aromatic heterocycles. The minimum Gasteiger partial charge on any atom is -0.382 e. The number of benzene rings is 1. The van der Waals surface area contributed by atoms with E-state index < -0.39 is 0 Å². The zero-order chi connectivity index (χ0) is 13.2. The minimum absolute atomic E-state index is 0.318. The van der Waals surface area contributed by atoms with Gasteiger partial charge in [0, 0.05) is 6.04 Å². The summed E-state index contributed by atoms with van der Waals surface area (Å²) in [6.45, 7) is 0. The minimum atomic E-state index is 0.318. The molecule has 1 aliphatic rings. The van der Waals surface area contributed by atoms with Gasteiger partial charge in [-0.25, -0.2) is 9.97 Å². The fourth-order valence-electron chi connectivity index (χ4n) is 2.41. The summed E-state index contributed by atoms with van der Waals surface area (Å²) in [6, 6.07) is 11.0. The average molecular weight is 275 g/mol. The van der Waals surface area contributed by atoms with Gasteiger partial charge >= 0.3 is 0 Å². The molecule has 0 unspecified atom stereocenters. The van der Waals surface area contributed by atoms with Crippen LogP contribution in [0.5, 0.6) is 0 Å². The van der Waals surface area contributed by atoms with Gasteiger partial charge in [0.2, 0.25) is 0 Å². The van der Waals surface area contributed by atoms with Crippen LogP contribution >= 0.6 is 11.6 Å². The normalized spacial score (nSPS) is 21.7. The molecule has 1 aliphatic carbocycles. The number of nitrogens with one attached hydrogen (secondary N) is 1. The molecule has 2 aromatic rings. The Balaban J connectivity index is 1.61. The first-order chi connectivity index (χ1) is 9.24. The maximum atomic E-state index is 6.06. The van der Waals surface area contributed by atoms with Crippen molar-refractivity contribution in [3.05, 3.63) is 47.2 Å². The molecule has 19 heavy (non-hydrogen) atoms. The van der Waals surface area contributed by atoms with Crippen LogP contribution in [-0.2, 0) is 0 Å². The summed E-state index contributed by atoms with van der Waals surface area (Å²) in [5.74, 6) is 1.57. The molecule has 0 spiro atoms. The van der Waals surface area contributed by atoms with E-state index >= 15 is 0 Å². The van der Waals surface area contributed by atoms with Gasteiger partial charge in [-0.05, 0) is 24.3 Å². The molecule has 98 valence electrons. The number of hydrogen-bond acceptors (Lipinski definition) is 4. The molecule has 0 atom stereocenters. The van der Waals surface area contributed by atoms with Crippen LogP contribution in [0.4, 0.5) is 11.6 Å². The van der Waals surface area contributed by atoms with Crippen LogP contribution in [0.15, 0.2) is 36.7 Å². The number of aromatic nitrogens is 2. The van der Waals surface area contributed by atoms with Crippen molar-refractivity contribution in [2.75, 3.05) is 11.1 Å². The van der Waals surface area contributed by atoms with Crippen LogP contribution in [0.25, 0.3) is 0 Å². The lowest BCUT2D eigenvalue weighted by molar-refractivity contribution is 0.373. The maximum Gasteiger partial charge on any atom is 0.150 e. The first-order valence-corrected chi connectivity index (χ1v) is 6.69. The molecule has 1 saturated carbocycles. The number of nitrogens with two attached hydrogens (primary N) is 1. The van der Waals surface area contributed by atoms with Crippen molar-refractivity contribution in [2.45, 2.75) is 24.8 Å². The molecule has 0 amide bonds. The van der Waals surface area contributed by atoms with E-state index in [1.165, 1.54) is 11.9 Å². The Kier molecular flexibility index (Phi) is 3.25. The third-order valence-corrected chi connectivity index (χ3v) is 3.94. The second kappa shape index (κ2) is 5.05. The van der Waals surface area contributed by atoms with E-state index in [0.29, 0.717) is 28.6 Å². The Hall–Kier alpha value is -1.81. The van der Waals surface area contributed by atoms with Crippen LogP contribution in [-0.4, -0.2) is 16.0 Å². The van der Waals surface area contributed by atoms with Gasteiger partial charge in [-0.3, -0.25) is 0 Å². The fourth-order valence-corrected chi connectivity index (χ4v) is 2.56. The fraction of sp³-hybridized carbons (Fsp3) is 0.286. The van der Waals surface area contributed by atoms with E-state index in [4.69, 9.17) is 17.3 Å². The van der Waals surface area contributed by atoms with Gasteiger partial charge in [0.15, 0.2) is 5.82 Å². The quantitative estimate of drug-likeness (QED) is 0.903. The number of nitrogen functional groups attached to an aromatic ring is 1. The van der Waals surface area contributed by atoms with Gasteiger partial charge in [-0.2, -0.15) is 0 Å². The topological polar surface area (TPSA) is 63.8 Å². The molecule has 1 fully saturated rings. The van der Waals surface area contributed by atoms with E-state index in [0.717, 1.165) is 12.8 Å². The molecule has 0 aliphatic heterocycles. The summed E-state index contributed by atoms with van der Waals surface area (Å²) in [5.41, 5.74) is 7.05. The van der Waals surface area contributed by atoms with Crippen molar-refractivity contribution in [3.63, 3.8) is 0 Å². The highest BCUT2D eigenvalue weighted by Gasteiger charge is 2.30. The van der Waals surface area contributed by atoms with Gasteiger partial charge in [0.1, 0.15) is 17.2 Å². The Labute approximate surface area is 117 Å². The first kappa shape index (κ1) is 12.2. The van der Waals surface area contributed by atoms with Crippen molar-refractivity contribution >= 4 is 23.2 Å². The second-order valence-electron chi connectivity index (χ2n) is 4.84. The van der Waals surface area contributed by atoms with Crippen molar-refractivity contribution in [1.29, 1.82) is 0 Å². The zero-order valence-electron chi connectivity index (χ0n) is 10.4. The number of nitrogens with zero attached hydrogens (tertiary/aromatic N) is 2. The molecule has 0 saturated heterocycles. The lowest BCUT2D eigenvalue weighted by Gasteiger charge is -2.36. The molecule has 0 bridgehead atoms. The highest BCUT2D eigenvalue weighted by molar-refractivity contribution is 6.35. The first-order valence-electron chi connectivity index (χ1n) is 6.31. The van der Waals surface area contributed by atoms with Crippen LogP contribution in [0.2, 0.25) is 5.02 Å². The van der Waals surface area contributed by atoms with E-state index in [1.54, 1.807) is 0 Å². The lowest BCUT2D eigenvalue weighted by atomic mass is 9.76. The molecular weight excluding hydrogens is 260 g/mol. The third kappa shape index (κ3) is 2.49. The molecule has 4 nitrogen and oxygen atoms in total. The molecule has 1 heterocycles. The summed E-state index contributed by atoms with van der Waals surface area (Å²) in [7, 11) is 0. The molecule has 3 N–H and O–H groups in total. The van der Waals surface area contributed by atoms with Gasteiger partial charge in [-0.15, -0.1) is 0 Å². The van der Waals surface area contributed by atoms with E-state index in [2.05, 4.69) is 39.6 Å². The molecule has 0 radical (unpaired) electrons. The number of hydrogen-bond donors (Lipinski definition) is 2. The molecule has 3 rings (SSSR count). The van der Waals surface area contributed by atoms with Gasteiger partial charge < -0.3 is 11.1 Å².